The maximum Gasteiger partial charge on any atom is 0.251 e. The molecule has 0 unspecified atom stereocenters. The Hall–Kier alpha value is -3.65. The summed E-state index contributed by atoms with van der Waals surface area (Å²) in [6.07, 6.45) is 2.55. The molecular formula is C26H31N5O3. The SMILES string of the molecule is C=CCOc1ccccc1CN1CCc2nnc([C@@H](C)NC(=O)c3cccc(OC)c3)n2CC1. The normalized spacial score (nSPS) is 14.5. The lowest BCUT2D eigenvalue weighted by molar-refractivity contribution is 0.0937. The summed E-state index contributed by atoms with van der Waals surface area (Å²) in [6, 6.07) is 14.9. The van der Waals surface area contributed by atoms with Crippen molar-refractivity contribution in [2.45, 2.75) is 32.5 Å². The summed E-state index contributed by atoms with van der Waals surface area (Å²) in [6.45, 7) is 9.43. The Morgan fingerprint density at radius 2 is 2.03 bits per heavy atom. The summed E-state index contributed by atoms with van der Waals surface area (Å²) in [5, 5.41) is 11.9. The van der Waals surface area contributed by atoms with E-state index in [0.29, 0.717) is 17.9 Å². The first-order valence-corrected chi connectivity index (χ1v) is 11.5. The number of hydrogen-bond donors (Lipinski definition) is 1. The van der Waals surface area contributed by atoms with Gasteiger partial charge in [0.2, 0.25) is 0 Å². The first kappa shape index (κ1) is 23.5. The molecule has 0 bridgehead atoms. The summed E-state index contributed by atoms with van der Waals surface area (Å²) in [7, 11) is 1.58. The number of methoxy groups -OCH3 is 1. The summed E-state index contributed by atoms with van der Waals surface area (Å²) >= 11 is 0. The van der Waals surface area contributed by atoms with E-state index in [0.717, 1.165) is 55.6 Å². The standard InChI is InChI=1S/C26H31N5O3/c1-4-16-34-23-11-6-5-8-21(23)18-30-13-12-24-28-29-25(31(24)15-14-30)19(2)27-26(32)20-9-7-10-22(17-20)33-3/h4-11,17,19H,1,12-16,18H2,2-3H3,(H,27,32)/t19-/m1/s1. The lowest BCUT2D eigenvalue weighted by atomic mass is 10.2. The van der Waals surface area contributed by atoms with Crippen LogP contribution in [0.4, 0.5) is 0 Å². The summed E-state index contributed by atoms with van der Waals surface area (Å²) in [5.41, 5.74) is 1.70. The molecule has 2 heterocycles. The van der Waals surface area contributed by atoms with Gasteiger partial charge in [-0.2, -0.15) is 0 Å². The second-order valence-corrected chi connectivity index (χ2v) is 8.29. The van der Waals surface area contributed by atoms with Gasteiger partial charge >= 0.3 is 0 Å². The summed E-state index contributed by atoms with van der Waals surface area (Å²) < 4.78 is 13.2. The molecule has 1 aromatic heterocycles. The van der Waals surface area contributed by atoms with E-state index in [-0.39, 0.29) is 11.9 Å². The molecule has 0 saturated heterocycles. The van der Waals surface area contributed by atoms with Crippen LogP contribution in [0.5, 0.6) is 11.5 Å². The minimum absolute atomic E-state index is 0.171. The first-order valence-electron chi connectivity index (χ1n) is 11.5. The smallest absolute Gasteiger partial charge is 0.251 e. The maximum atomic E-state index is 12.8. The fourth-order valence-electron chi connectivity index (χ4n) is 4.14. The lowest BCUT2D eigenvalue weighted by Gasteiger charge is -2.21. The Morgan fingerprint density at radius 3 is 2.85 bits per heavy atom. The highest BCUT2D eigenvalue weighted by Crippen LogP contribution is 2.22. The number of aromatic nitrogens is 3. The molecule has 1 atom stereocenters. The van der Waals surface area contributed by atoms with Crippen LogP contribution >= 0.6 is 0 Å². The predicted molar refractivity (Wildman–Crippen MR) is 130 cm³/mol. The van der Waals surface area contributed by atoms with Crippen molar-refractivity contribution < 1.29 is 14.3 Å². The average molecular weight is 462 g/mol. The van der Waals surface area contributed by atoms with Gasteiger partial charge in [-0.1, -0.05) is 36.9 Å². The molecule has 0 aliphatic carbocycles. The van der Waals surface area contributed by atoms with Crippen LogP contribution in [0, 0.1) is 0 Å². The monoisotopic (exact) mass is 461 g/mol. The molecule has 0 spiro atoms. The van der Waals surface area contributed by atoms with E-state index < -0.39 is 0 Å². The van der Waals surface area contributed by atoms with Crippen molar-refractivity contribution in [1.82, 2.24) is 25.0 Å². The number of amides is 1. The van der Waals surface area contributed by atoms with E-state index in [9.17, 15) is 4.79 Å². The van der Waals surface area contributed by atoms with Crippen molar-refractivity contribution in [1.29, 1.82) is 0 Å². The molecule has 1 aliphatic heterocycles. The molecule has 1 N–H and O–H groups in total. The van der Waals surface area contributed by atoms with Crippen molar-refractivity contribution in [3.8, 4) is 11.5 Å². The largest absolute Gasteiger partial charge is 0.497 e. The second-order valence-electron chi connectivity index (χ2n) is 8.29. The van der Waals surface area contributed by atoms with Gasteiger partial charge in [0.25, 0.3) is 5.91 Å². The van der Waals surface area contributed by atoms with E-state index in [2.05, 4.69) is 37.6 Å². The van der Waals surface area contributed by atoms with Gasteiger partial charge in [-0.25, -0.2) is 0 Å². The topological polar surface area (TPSA) is 81.5 Å². The number of ether oxygens (including phenoxy) is 2. The number of hydrogen-bond acceptors (Lipinski definition) is 6. The van der Waals surface area contributed by atoms with E-state index in [1.165, 1.54) is 0 Å². The lowest BCUT2D eigenvalue weighted by Crippen LogP contribution is -2.30. The minimum Gasteiger partial charge on any atom is -0.497 e. The zero-order valence-electron chi connectivity index (χ0n) is 19.7. The fraction of sp³-hybridized carbons (Fsp3) is 0.346. The third kappa shape index (κ3) is 5.46. The van der Waals surface area contributed by atoms with Gasteiger partial charge in [-0.05, 0) is 31.2 Å². The Kier molecular flexibility index (Phi) is 7.59. The number of carbonyl (C=O) groups is 1. The average Bonchev–Trinajstić information content (AvgIpc) is 3.17. The summed E-state index contributed by atoms with van der Waals surface area (Å²) in [4.78, 5) is 15.2. The molecule has 34 heavy (non-hydrogen) atoms. The van der Waals surface area contributed by atoms with Crippen molar-refractivity contribution in [3.63, 3.8) is 0 Å². The van der Waals surface area contributed by atoms with Crippen LogP contribution in [0.1, 0.15) is 40.5 Å². The van der Waals surface area contributed by atoms with Crippen LogP contribution < -0.4 is 14.8 Å². The van der Waals surface area contributed by atoms with Crippen molar-refractivity contribution in [2.24, 2.45) is 0 Å². The zero-order valence-corrected chi connectivity index (χ0v) is 19.7. The Labute approximate surface area is 200 Å². The Balaban J connectivity index is 1.41. The van der Waals surface area contributed by atoms with Gasteiger partial charge < -0.3 is 19.4 Å². The van der Waals surface area contributed by atoms with Gasteiger partial charge in [-0.15, -0.1) is 10.2 Å². The molecule has 8 nitrogen and oxygen atoms in total. The summed E-state index contributed by atoms with van der Waals surface area (Å²) in [5.74, 6) is 3.07. The van der Waals surface area contributed by atoms with Crippen molar-refractivity contribution in [3.05, 3.63) is 84.0 Å². The molecule has 2 aromatic carbocycles. The van der Waals surface area contributed by atoms with E-state index in [1.54, 1.807) is 31.4 Å². The number of fused-ring (bicyclic) bond motifs is 1. The van der Waals surface area contributed by atoms with Crippen LogP contribution in [0.15, 0.2) is 61.2 Å². The van der Waals surface area contributed by atoms with Crippen molar-refractivity contribution >= 4 is 5.91 Å². The number of nitrogens with zero attached hydrogens (tertiary/aromatic N) is 4. The van der Waals surface area contributed by atoms with Crippen LogP contribution in [0.2, 0.25) is 0 Å². The molecule has 0 radical (unpaired) electrons. The van der Waals surface area contributed by atoms with E-state index in [1.807, 2.05) is 31.2 Å². The predicted octanol–water partition coefficient (Wildman–Crippen LogP) is 3.40. The zero-order chi connectivity index (χ0) is 23.9. The third-order valence-corrected chi connectivity index (χ3v) is 5.94. The highest BCUT2D eigenvalue weighted by molar-refractivity contribution is 5.94. The molecule has 1 aliphatic rings. The third-order valence-electron chi connectivity index (χ3n) is 5.94. The highest BCUT2D eigenvalue weighted by Gasteiger charge is 2.23. The molecule has 8 heteroatoms. The highest BCUT2D eigenvalue weighted by atomic mass is 16.5. The first-order chi connectivity index (χ1) is 16.6. The van der Waals surface area contributed by atoms with E-state index >= 15 is 0 Å². The number of carbonyl (C=O) groups excluding carboxylic acids is 1. The van der Waals surface area contributed by atoms with Gasteiger partial charge in [0, 0.05) is 43.7 Å². The molecular weight excluding hydrogens is 430 g/mol. The van der Waals surface area contributed by atoms with Crippen molar-refractivity contribution in [2.75, 3.05) is 26.8 Å². The Bertz CT molecular complexity index is 1140. The molecule has 1 amide bonds. The van der Waals surface area contributed by atoms with Crippen LogP contribution in [-0.2, 0) is 19.5 Å². The molecule has 4 rings (SSSR count). The molecule has 0 fully saturated rings. The number of para-hydroxylation sites is 1. The number of benzene rings is 2. The minimum atomic E-state index is -0.278. The second kappa shape index (κ2) is 11.0. The maximum absolute atomic E-state index is 12.8. The van der Waals surface area contributed by atoms with Gasteiger partial charge in [0.05, 0.1) is 13.2 Å². The number of nitrogens with one attached hydrogen (secondary N) is 1. The van der Waals surface area contributed by atoms with Crippen LogP contribution in [0.3, 0.4) is 0 Å². The molecule has 0 saturated carbocycles. The van der Waals surface area contributed by atoms with Crippen LogP contribution in [0.25, 0.3) is 0 Å². The fourth-order valence-corrected chi connectivity index (χ4v) is 4.14. The van der Waals surface area contributed by atoms with Gasteiger partial charge in [0.1, 0.15) is 23.9 Å². The Morgan fingerprint density at radius 1 is 1.18 bits per heavy atom. The quantitative estimate of drug-likeness (QED) is 0.492. The molecule has 178 valence electrons. The van der Waals surface area contributed by atoms with Crippen LogP contribution in [-0.4, -0.2) is 52.4 Å². The van der Waals surface area contributed by atoms with Gasteiger partial charge in [0.15, 0.2) is 5.82 Å². The molecule has 3 aromatic rings. The number of rotatable bonds is 9. The van der Waals surface area contributed by atoms with Gasteiger partial charge in [-0.3, -0.25) is 9.69 Å². The van der Waals surface area contributed by atoms with E-state index in [4.69, 9.17) is 9.47 Å².